The Labute approximate surface area is 91.6 Å². The summed E-state index contributed by atoms with van der Waals surface area (Å²) in [6, 6.07) is 8.43. The van der Waals surface area contributed by atoms with Gasteiger partial charge in [0, 0.05) is 18.0 Å². The first-order valence-corrected chi connectivity index (χ1v) is 4.70. The van der Waals surface area contributed by atoms with Crippen LogP contribution in [0.3, 0.4) is 0 Å². The molecule has 0 aliphatic rings. The third-order valence-corrected chi connectivity index (χ3v) is 2.22. The molecule has 82 valence electrons. The molecule has 2 aromatic rings. The Morgan fingerprint density at radius 3 is 2.69 bits per heavy atom. The topological polar surface area (TPSA) is 75.3 Å². The first-order valence-electron chi connectivity index (χ1n) is 4.70. The third kappa shape index (κ3) is 1.80. The van der Waals surface area contributed by atoms with Gasteiger partial charge >= 0.3 is 5.97 Å². The zero-order valence-corrected chi connectivity index (χ0v) is 8.32. The Hall–Kier alpha value is -2.14. The number of hydrogen-bond acceptors (Lipinski definition) is 3. The molecule has 5 heteroatoms. The zero-order chi connectivity index (χ0) is 11.5. The van der Waals surface area contributed by atoms with E-state index in [1.54, 1.807) is 42.7 Å². The molecule has 2 N–H and O–H groups in total. The van der Waals surface area contributed by atoms with Gasteiger partial charge in [-0.2, -0.15) is 5.10 Å². The van der Waals surface area contributed by atoms with Gasteiger partial charge in [0.05, 0.1) is 5.69 Å². The summed E-state index contributed by atoms with van der Waals surface area (Å²) in [5, 5.41) is 22.3. The minimum atomic E-state index is -1.54. The molecule has 1 atom stereocenters. The highest BCUT2D eigenvalue weighted by Crippen LogP contribution is 2.21. The molecule has 2 rings (SSSR count). The minimum absolute atomic E-state index is 0.318. The third-order valence-electron chi connectivity index (χ3n) is 2.22. The van der Waals surface area contributed by atoms with Crippen molar-refractivity contribution in [3.05, 3.63) is 48.3 Å². The van der Waals surface area contributed by atoms with E-state index in [-0.39, 0.29) is 0 Å². The highest BCUT2D eigenvalue weighted by atomic mass is 16.4. The maximum Gasteiger partial charge on any atom is 0.337 e. The van der Waals surface area contributed by atoms with Crippen molar-refractivity contribution in [2.45, 2.75) is 6.10 Å². The summed E-state index contributed by atoms with van der Waals surface area (Å²) in [7, 11) is 0. The smallest absolute Gasteiger partial charge is 0.337 e. The molecule has 1 aromatic carbocycles. The van der Waals surface area contributed by atoms with E-state index in [1.165, 1.54) is 4.68 Å². The van der Waals surface area contributed by atoms with E-state index in [4.69, 9.17) is 5.11 Å². The van der Waals surface area contributed by atoms with E-state index in [0.29, 0.717) is 11.3 Å². The van der Waals surface area contributed by atoms with Crippen molar-refractivity contribution in [3.63, 3.8) is 0 Å². The molecule has 0 saturated carbocycles. The summed E-state index contributed by atoms with van der Waals surface area (Å²) >= 11 is 0. The Kier molecular flexibility index (Phi) is 2.70. The molecule has 0 amide bonds. The number of para-hydroxylation sites is 1. The molecule has 0 saturated heterocycles. The van der Waals surface area contributed by atoms with Crippen LogP contribution in [0, 0.1) is 0 Å². The molecule has 0 spiro atoms. The lowest BCUT2D eigenvalue weighted by molar-refractivity contribution is -0.146. The lowest BCUT2D eigenvalue weighted by atomic mass is 10.1. The number of hydrogen-bond donors (Lipinski definition) is 2. The van der Waals surface area contributed by atoms with Crippen LogP contribution in [0.1, 0.15) is 11.7 Å². The number of aromatic nitrogens is 2. The second-order valence-corrected chi connectivity index (χ2v) is 3.25. The first kappa shape index (κ1) is 10.4. The Balaban J connectivity index is 2.50. The number of benzene rings is 1. The molecular formula is C11H10N2O3. The van der Waals surface area contributed by atoms with Gasteiger partial charge in [-0.3, -0.25) is 0 Å². The largest absolute Gasteiger partial charge is 0.479 e. The van der Waals surface area contributed by atoms with Crippen molar-refractivity contribution < 1.29 is 15.0 Å². The number of aliphatic hydroxyl groups excluding tert-OH is 1. The second-order valence-electron chi connectivity index (χ2n) is 3.25. The van der Waals surface area contributed by atoms with Crippen LogP contribution < -0.4 is 0 Å². The van der Waals surface area contributed by atoms with Gasteiger partial charge in [0.1, 0.15) is 0 Å². The fourth-order valence-electron chi connectivity index (χ4n) is 1.47. The summed E-state index contributed by atoms with van der Waals surface area (Å²) < 4.78 is 1.52. The second kappa shape index (κ2) is 4.16. The number of carboxylic acids is 1. The number of nitrogens with zero attached hydrogens (tertiary/aromatic N) is 2. The summed E-state index contributed by atoms with van der Waals surface area (Å²) in [5.41, 5.74) is 0.876. The molecule has 0 aliphatic heterocycles. The number of carbonyl (C=O) groups is 1. The van der Waals surface area contributed by atoms with Crippen LogP contribution in [0.15, 0.2) is 42.7 Å². The lowest BCUT2D eigenvalue weighted by Gasteiger charge is -2.11. The minimum Gasteiger partial charge on any atom is -0.479 e. The van der Waals surface area contributed by atoms with Gasteiger partial charge in [0.25, 0.3) is 0 Å². The van der Waals surface area contributed by atoms with Gasteiger partial charge < -0.3 is 10.2 Å². The van der Waals surface area contributed by atoms with Crippen molar-refractivity contribution in [2.24, 2.45) is 0 Å². The van der Waals surface area contributed by atoms with Gasteiger partial charge in [-0.05, 0) is 12.1 Å². The van der Waals surface area contributed by atoms with Gasteiger partial charge in [0.15, 0.2) is 6.10 Å². The van der Waals surface area contributed by atoms with Crippen molar-refractivity contribution >= 4 is 5.97 Å². The summed E-state index contributed by atoms with van der Waals surface area (Å²) in [4.78, 5) is 10.7. The van der Waals surface area contributed by atoms with Crippen LogP contribution in [-0.2, 0) is 4.79 Å². The quantitative estimate of drug-likeness (QED) is 0.805. The molecule has 1 aromatic heterocycles. The summed E-state index contributed by atoms with van der Waals surface area (Å²) in [6.45, 7) is 0. The average molecular weight is 218 g/mol. The molecule has 1 heterocycles. The molecule has 0 fully saturated rings. The summed E-state index contributed by atoms with van der Waals surface area (Å²) in [5.74, 6) is -1.28. The van der Waals surface area contributed by atoms with Crippen LogP contribution in [0.25, 0.3) is 5.69 Å². The molecule has 5 nitrogen and oxygen atoms in total. The fraction of sp³-hybridized carbons (Fsp3) is 0.0909. The highest BCUT2D eigenvalue weighted by molar-refractivity contribution is 5.75. The van der Waals surface area contributed by atoms with Gasteiger partial charge in [0.2, 0.25) is 0 Å². The van der Waals surface area contributed by atoms with Crippen molar-refractivity contribution in [1.82, 2.24) is 9.78 Å². The molecule has 0 bridgehead atoms. The maximum atomic E-state index is 10.7. The zero-order valence-electron chi connectivity index (χ0n) is 8.32. The number of rotatable bonds is 3. The van der Waals surface area contributed by atoms with Crippen LogP contribution in [0.5, 0.6) is 0 Å². The van der Waals surface area contributed by atoms with E-state index >= 15 is 0 Å². The number of aliphatic hydroxyl groups is 1. The SMILES string of the molecule is O=C(O)C(O)c1ccccc1-n1cccn1. The van der Waals surface area contributed by atoms with Gasteiger partial charge in [-0.25, -0.2) is 9.48 Å². The van der Waals surface area contributed by atoms with Crippen LogP contribution in [-0.4, -0.2) is 26.0 Å². The standard InChI is InChI=1S/C11H10N2O3/c14-10(11(15)16)8-4-1-2-5-9(8)13-7-3-6-12-13/h1-7,10,14H,(H,15,16). The van der Waals surface area contributed by atoms with Crippen molar-refractivity contribution in [2.75, 3.05) is 0 Å². The van der Waals surface area contributed by atoms with Crippen molar-refractivity contribution in [3.8, 4) is 5.69 Å². The van der Waals surface area contributed by atoms with E-state index in [2.05, 4.69) is 5.10 Å². The van der Waals surface area contributed by atoms with Gasteiger partial charge in [-0.1, -0.05) is 18.2 Å². The molecule has 0 aliphatic carbocycles. The predicted molar refractivity (Wildman–Crippen MR) is 56.2 cm³/mol. The van der Waals surface area contributed by atoms with Crippen LogP contribution >= 0.6 is 0 Å². The van der Waals surface area contributed by atoms with E-state index in [0.717, 1.165) is 0 Å². The molecular weight excluding hydrogens is 208 g/mol. The van der Waals surface area contributed by atoms with Crippen molar-refractivity contribution in [1.29, 1.82) is 0 Å². The molecule has 1 unspecified atom stereocenters. The lowest BCUT2D eigenvalue weighted by Crippen LogP contribution is -2.13. The summed E-state index contributed by atoms with van der Waals surface area (Å²) in [6.07, 6.45) is 1.73. The Bertz CT molecular complexity index is 494. The Morgan fingerprint density at radius 2 is 2.06 bits per heavy atom. The predicted octanol–water partition coefficient (Wildman–Crippen LogP) is 0.990. The number of aliphatic carboxylic acids is 1. The van der Waals surface area contributed by atoms with Crippen LogP contribution in [0.2, 0.25) is 0 Å². The molecule has 16 heavy (non-hydrogen) atoms. The normalized spacial score (nSPS) is 12.3. The highest BCUT2D eigenvalue weighted by Gasteiger charge is 2.19. The fourth-order valence-corrected chi connectivity index (χ4v) is 1.47. The molecule has 0 radical (unpaired) electrons. The first-order chi connectivity index (χ1) is 7.70. The van der Waals surface area contributed by atoms with Crippen LogP contribution in [0.4, 0.5) is 0 Å². The monoisotopic (exact) mass is 218 g/mol. The van der Waals surface area contributed by atoms with Gasteiger partial charge in [-0.15, -0.1) is 0 Å². The van der Waals surface area contributed by atoms with E-state index in [1.807, 2.05) is 0 Å². The number of carboxylic acid groups (broad SMARTS) is 1. The average Bonchev–Trinajstić information content (AvgIpc) is 2.81. The Morgan fingerprint density at radius 1 is 1.31 bits per heavy atom. The van der Waals surface area contributed by atoms with E-state index in [9.17, 15) is 9.90 Å². The van der Waals surface area contributed by atoms with E-state index < -0.39 is 12.1 Å². The maximum absolute atomic E-state index is 10.7.